The topological polar surface area (TPSA) is 79.4 Å². The summed E-state index contributed by atoms with van der Waals surface area (Å²) in [5, 5.41) is 0.700. The summed E-state index contributed by atoms with van der Waals surface area (Å²) in [4.78, 5) is 16.8. The number of aryl methyl sites for hydroxylation is 1. The SMILES string of the molecule is Cc1ccc(Cl)cc1N1CCN(C(=O)COc2ccc(S(=O)(=O)N3CCOCC3)cc2)CC1. The Morgan fingerprint density at radius 1 is 1.00 bits per heavy atom. The number of nitrogens with zero attached hydrogens (tertiary/aromatic N) is 3. The molecule has 0 radical (unpaired) electrons. The van der Waals surface area contributed by atoms with E-state index < -0.39 is 10.0 Å². The van der Waals surface area contributed by atoms with Crippen LogP contribution in [0.25, 0.3) is 0 Å². The van der Waals surface area contributed by atoms with Crippen LogP contribution in [0.4, 0.5) is 5.69 Å². The Morgan fingerprint density at radius 3 is 2.33 bits per heavy atom. The molecule has 1 amide bonds. The molecule has 2 aromatic carbocycles. The molecule has 178 valence electrons. The first-order chi connectivity index (χ1) is 15.8. The van der Waals surface area contributed by atoms with Gasteiger partial charge in [0, 0.05) is 50.0 Å². The van der Waals surface area contributed by atoms with Gasteiger partial charge in [0.1, 0.15) is 5.75 Å². The molecule has 0 saturated carbocycles. The molecule has 0 aliphatic carbocycles. The Morgan fingerprint density at radius 2 is 1.67 bits per heavy atom. The largest absolute Gasteiger partial charge is 0.484 e. The van der Waals surface area contributed by atoms with Gasteiger partial charge in [0.2, 0.25) is 10.0 Å². The molecule has 2 aliphatic rings. The van der Waals surface area contributed by atoms with Crippen molar-refractivity contribution in [3.63, 3.8) is 0 Å². The van der Waals surface area contributed by atoms with Crippen molar-refractivity contribution >= 4 is 33.2 Å². The summed E-state index contributed by atoms with van der Waals surface area (Å²) >= 11 is 6.14. The Hall–Kier alpha value is -2.33. The molecule has 2 aliphatic heterocycles. The van der Waals surface area contributed by atoms with E-state index >= 15 is 0 Å². The average Bonchev–Trinajstić information content (AvgIpc) is 2.85. The first-order valence-electron chi connectivity index (χ1n) is 10.9. The van der Waals surface area contributed by atoms with Crippen LogP contribution in [0.2, 0.25) is 5.02 Å². The van der Waals surface area contributed by atoms with Gasteiger partial charge in [-0.2, -0.15) is 4.31 Å². The molecule has 10 heteroatoms. The van der Waals surface area contributed by atoms with Gasteiger partial charge in [-0.3, -0.25) is 4.79 Å². The van der Waals surface area contributed by atoms with Gasteiger partial charge in [0.25, 0.3) is 5.91 Å². The maximum atomic E-state index is 12.7. The molecule has 0 bridgehead atoms. The molecule has 0 N–H and O–H groups in total. The van der Waals surface area contributed by atoms with Gasteiger partial charge < -0.3 is 19.3 Å². The molecule has 2 saturated heterocycles. The monoisotopic (exact) mass is 493 g/mol. The zero-order valence-electron chi connectivity index (χ0n) is 18.6. The third kappa shape index (κ3) is 5.60. The predicted octanol–water partition coefficient (Wildman–Crippen LogP) is 2.40. The Labute approximate surface area is 199 Å². The van der Waals surface area contributed by atoms with Gasteiger partial charge in [-0.25, -0.2) is 8.42 Å². The number of sulfonamides is 1. The van der Waals surface area contributed by atoms with Crippen LogP contribution < -0.4 is 9.64 Å². The number of rotatable bonds is 6. The molecule has 2 aromatic rings. The third-order valence-electron chi connectivity index (χ3n) is 5.94. The maximum Gasteiger partial charge on any atom is 0.260 e. The average molecular weight is 494 g/mol. The van der Waals surface area contributed by atoms with E-state index in [0.29, 0.717) is 50.2 Å². The first kappa shape index (κ1) is 23.8. The van der Waals surface area contributed by atoms with E-state index in [0.717, 1.165) is 24.3 Å². The fourth-order valence-electron chi connectivity index (χ4n) is 4.00. The van der Waals surface area contributed by atoms with Gasteiger partial charge in [-0.15, -0.1) is 0 Å². The number of benzene rings is 2. The van der Waals surface area contributed by atoms with E-state index in [9.17, 15) is 13.2 Å². The Kier molecular flexibility index (Phi) is 7.43. The molecule has 4 rings (SSSR count). The van der Waals surface area contributed by atoms with Gasteiger partial charge in [0.15, 0.2) is 6.61 Å². The van der Waals surface area contributed by atoms with Crippen molar-refractivity contribution in [1.82, 2.24) is 9.21 Å². The quantitative estimate of drug-likeness (QED) is 0.615. The summed E-state index contributed by atoms with van der Waals surface area (Å²) in [6.45, 7) is 6.10. The van der Waals surface area contributed by atoms with E-state index in [1.807, 2.05) is 18.2 Å². The van der Waals surface area contributed by atoms with Crippen molar-refractivity contribution < 1.29 is 22.7 Å². The molecule has 33 heavy (non-hydrogen) atoms. The number of ether oxygens (including phenoxy) is 2. The molecule has 2 heterocycles. The summed E-state index contributed by atoms with van der Waals surface area (Å²) in [6, 6.07) is 12.0. The minimum atomic E-state index is -3.55. The lowest BCUT2D eigenvalue weighted by Gasteiger charge is -2.36. The van der Waals surface area contributed by atoms with Gasteiger partial charge in [0.05, 0.1) is 18.1 Å². The summed E-state index contributed by atoms with van der Waals surface area (Å²) in [6.07, 6.45) is 0. The smallest absolute Gasteiger partial charge is 0.260 e. The molecule has 0 unspecified atom stereocenters. The summed E-state index contributed by atoms with van der Waals surface area (Å²) < 4.78 is 37.7. The number of amides is 1. The van der Waals surface area contributed by atoms with Crippen LogP contribution in [0.3, 0.4) is 0 Å². The lowest BCUT2D eigenvalue weighted by atomic mass is 10.1. The highest BCUT2D eigenvalue weighted by Gasteiger charge is 2.26. The highest BCUT2D eigenvalue weighted by Crippen LogP contribution is 2.25. The van der Waals surface area contributed by atoms with Crippen molar-refractivity contribution in [2.45, 2.75) is 11.8 Å². The van der Waals surface area contributed by atoms with Crippen molar-refractivity contribution in [3.8, 4) is 5.75 Å². The molecule has 0 spiro atoms. The lowest BCUT2D eigenvalue weighted by molar-refractivity contribution is -0.133. The maximum absolute atomic E-state index is 12.7. The zero-order chi connectivity index (χ0) is 23.4. The Balaban J connectivity index is 1.28. The molecule has 8 nitrogen and oxygen atoms in total. The number of anilines is 1. The van der Waals surface area contributed by atoms with Crippen LogP contribution in [0, 0.1) is 6.92 Å². The first-order valence-corrected chi connectivity index (χ1v) is 12.8. The Bertz CT molecular complexity index is 1080. The number of hydrogen-bond acceptors (Lipinski definition) is 6. The standard InChI is InChI=1S/C23H28ClN3O5S/c1-18-2-3-19(24)16-22(18)25-8-10-26(11-9-25)23(28)17-32-20-4-6-21(7-5-20)33(29,30)27-12-14-31-15-13-27/h2-7,16H,8-15,17H2,1H3. The second kappa shape index (κ2) is 10.3. The number of carbonyl (C=O) groups excluding carboxylic acids is 1. The van der Waals surface area contributed by atoms with Crippen LogP contribution in [-0.2, 0) is 19.6 Å². The van der Waals surface area contributed by atoms with Crippen LogP contribution in [-0.4, -0.2) is 82.6 Å². The van der Waals surface area contributed by atoms with Crippen molar-refractivity contribution in [2.24, 2.45) is 0 Å². The van der Waals surface area contributed by atoms with E-state index in [2.05, 4.69) is 11.8 Å². The minimum absolute atomic E-state index is 0.0915. The van der Waals surface area contributed by atoms with Crippen LogP contribution >= 0.6 is 11.6 Å². The fourth-order valence-corrected chi connectivity index (χ4v) is 5.57. The molecular formula is C23H28ClN3O5S. The van der Waals surface area contributed by atoms with Crippen molar-refractivity contribution in [3.05, 3.63) is 53.1 Å². The summed E-state index contributed by atoms with van der Waals surface area (Å²) in [7, 11) is -3.55. The number of hydrogen-bond donors (Lipinski definition) is 0. The predicted molar refractivity (Wildman–Crippen MR) is 126 cm³/mol. The molecule has 0 atom stereocenters. The van der Waals surface area contributed by atoms with Crippen molar-refractivity contribution in [1.29, 1.82) is 0 Å². The molecule has 2 fully saturated rings. The number of morpholine rings is 1. The zero-order valence-corrected chi connectivity index (χ0v) is 20.1. The number of halogens is 1. The van der Waals surface area contributed by atoms with E-state index in [1.54, 1.807) is 17.0 Å². The fraction of sp³-hybridized carbons (Fsp3) is 0.435. The third-order valence-corrected chi connectivity index (χ3v) is 8.09. The highest BCUT2D eigenvalue weighted by atomic mass is 35.5. The second-order valence-electron chi connectivity index (χ2n) is 8.08. The van der Waals surface area contributed by atoms with Gasteiger partial charge in [-0.05, 0) is 48.9 Å². The normalized spacial score (nSPS) is 17.8. The molecule has 0 aromatic heterocycles. The minimum Gasteiger partial charge on any atom is -0.484 e. The van der Waals surface area contributed by atoms with Crippen molar-refractivity contribution in [2.75, 3.05) is 64.0 Å². The summed E-state index contributed by atoms with van der Waals surface area (Å²) in [5.41, 5.74) is 2.25. The van der Waals surface area contributed by atoms with E-state index in [4.69, 9.17) is 21.1 Å². The summed E-state index contributed by atoms with van der Waals surface area (Å²) in [5.74, 6) is 0.361. The van der Waals surface area contributed by atoms with E-state index in [1.165, 1.54) is 16.4 Å². The second-order valence-corrected chi connectivity index (χ2v) is 10.4. The van der Waals surface area contributed by atoms with Crippen LogP contribution in [0.15, 0.2) is 47.4 Å². The molecular weight excluding hydrogens is 466 g/mol. The van der Waals surface area contributed by atoms with Crippen LogP contribution in [0.1, 0.15) is 5.56 Å². The number of piperazine rings is 1. The van der Waals surface area contributed by atoms with Gasteiger partial charge in [-0.1, -0.05) is 17.7 Å². The van der Waals surface area contributed by atoms with Crippen LogP contribution in [0.5, 0.6) is 5.75 Å². The highest BCUT2D eigenvalue weighted by molar-refractivity contribution is 7.89. The van der Waals surface area contributed by atoms with E-state index in [-0.39, 0.29) is 17.4 Å². The van der Waals surface area contributed by atoms with Gasteiger partial charge >= 0.3 is 0 Å². The lowest BCUT2D eigenvalue weighted by Crippen LogP contribution is -2.50. The number of carbonyl (C=O) groups is 1.